The quantitative estimate of drug-likeness (QED) is 0.186. The summed E-state index contributed by atoms with van der Waals surface area (Å²) in [4.78, 5) is 18.3. The summed E-state index contributed by atoms with van der Waals surface area (Å²) in [5.74, 6) is 6.89. The second-order valence-corrected chi connectivity index (χ2v) is 12.2. The molecular weight excluding hydrogens is 590 g/mol. The predicted molar refractivity (Wildman–Crippen MR) is 163 cm³/mol. The Balaban J connectivity index is 1.22. The van der Waals surface area contributed by atoms with E-state index in [0.29, 0.717) is 35.2 Å². The predicted octanol–water partition coefficient (Wildman–Crippen LogP) is 4.59. The maximum absolute atomic E-state index is 12.8. The van der Waals surface area contributed by atoms with Crippen molar-refractivity contribution in [2.75, 3.05) is 32.2 Å². The summed E-state index contributed by atoms with van der Waals surface area (Å²) in [7, 11) is -2.20. The van der Waals surface area contributed by atoms with Gasteiger partial charge in [-0.25, -0.2) is 19.9 Å². The van der Waals surface area contributed by atoms with Gasteiger partial charge in [-0.3, -0.25) is 4.18 Å². The van der Waals surface area contributed by atoms with Gasteiger partial charge in [0.1, 0.15) is 39.6 Å². The van der Waals surface area contributed by atoms with Crippen molar-refractivity contribution in [2.45, 2.75) is 43.5 Å². The topological polar surface area (TPSA) is 135 Å². The Labute approximate surface area is 254 Å². The zero-order valence-corrected chi connectivity index (χ0v) is 25.4. The van der Waals surface area contributed by atoms with Gasteiger partial charge in [-0.1, -0.05) is 35.0 Å². The van der Waals surface area contributed by atoms with Crippen molar-refractivity contribution < 1.29 is 26.8 Å². The number of nitrogens with one attached hydrogen (secondary N) is 1. The summed E-state index contributed by atoms with van der Waals surface area (Å²) in [5, 5.41) is 3.64. The first-order valence-corrected chi connectivity index (χ1v) is 15.9. The molecule has 0 spiro atoms. The molecule has 0 saturated carbocycles. The number of pyridine rings is 1. The highest BCUT2D eigenvalue weighted by molar-refractivity contribution is 7.86. The molecule has 5 rings (SSSR count). The third-order valence-corrected chi connectivity index (χ3v) is 8.51. The molecule has 1 N–H and O–H groups in total. The number of allylic oxidation sites excluding steroid dienone is 1. The molecule has 0 radical (unpaired) electrons. The first-order valence-electron chi connectivity index (χ1n) is 13.7. The van der Waals surface area contributed by atoms with Gasteiger partial charge in [0.05, 0.1) is 23.9 Å². The highest BCUT2D eigenvalue weighted by atomic mass is 32.2. The second-order valence-electron chi connectivity index (χ2n) is 9.58. The minimum absolute atomic E-state index is 0.0150. The van der Waals surface area contributed by atoms with Gasteiger partial charge in [-0.2, -0.15) is 8.42 Å². The first kappa shape index (κ1) is 30.5. The van der Waals surface area contributed by atoms with E-state index in [1.807, 2.05) is 13.0 Å². The van der Waals surface area contributed by atoms with Crippen LogP contribution in [0.15, 0.2) is 59.8 Å². The molecule has 43 heavy (non-hydrogen) atoms. The molecule has 4 heterocycles. The van der Waals surface area contributed by atoms with Crippen LogP contribution in [-0.2, 0) is 23.8 Å². The van der Waals surface area contributed by atoms with Crippen molar-refractivity contribution in [1.82, 2.24) is 19.9 Å². The van der Waals surface area contributed by atoms with Gasteiger partial charge in [0.15, 0.2) is 6.29 Å². The Bertz CT molecular complexity index is 1710. The van der Waals surface area contributed by atoms with Crippen LogP contribution in [0.1, 0.15) is 35.5 Å². The van der Waals surface area contributed by atoms with Crippen molar-refractivity contribution in [3.63, 3.8) is 0 Å². The van der Waals surface area contributed by atoms with Crippen molar-refractivity contribution in [3.8, 4) is 17.7 Å². The summed E-state index contributed by atoms with van der Waals surface area (Å²) in [6, 6.07) is 10.00. The molecule has 2 unspecified atom stereocenters. The van der Waals surface area contributed by atoms with Crippen molar-refractivity contribution >= 4 is 43.7 Å². The molecule has 1 aliphatic rings. The number of ether oxygens (including phenoxy) is 3. The molecule has 0 aliphatic carbocycles. The molecule has 2 atom stereocenters. The number of thiazole rings is 1. The third kappa shape index (κ3) is 8.79. The monoisotopic (exact) mass is 621 g/mol. The molecular formula is C30H31N5O6S2. The number of aryl methyl sites for hydroxylation is 1. The van der Waals surface area contributed by atoms with Gasteiger partial charge in [0.2, 0.25) is 5.88 Å². The van der Waals surface area contributed by atoms with E-state index in [9.17, 15) is 8.42 Å². The van der Waals surface area contributed by atoms with Crippen molar-refractivity contribution in [2.24, 2.45) is 0 Å². The zero-order valence-electron chi connectivity index (χ0n) is 23.7. The van der Waals surface area contributed by atoms with Crippen molar-refractivity contribution in [1.29, 1.82) is 0 Å². The summed E-state index contributed by atoms with van der Waals surface area (Å²) in [6.07, 6.45) is 8.18. The Kier molecular flexibility index (Phi) is 10.3. The summed E-state index contributed by atoms with van der Waals surface area (Å²) < 4.78 is 48.6. The highest BCUT2D eigenvalue weighted by Crippen LogP contribution is 2.24. The molecule has 1 saturated heterocycles. The minimum atomic E-state index is -3.97. The molecule has 1 aliphatic heterocycles. The second kappa shape index (κ2) is 14.5. The van der Waals surface area contributed by atoms with Crippen molar-refractivity contribution in [3.05, 3.63) is 71.1 Å². The summed E-state index contributed by atoms with van der Waals surface area (Å²) in [5.41, 5.74) is 2.23. The minimum Gasteiger partial charge on any atom is -0.475 e. The maximum Gasteiger partial charge on any atom is 0.297 e. The highest BCUT2D eigenvalue weighted by Gasteiger charge is 2.24. The summed E-state index contributed by atoms with van der Waals surface area (Å²) >= 11 is 1.39. The fourth-order valence-electron chi connectivity index (χ4n) is 4.00. The van der Waals surface area contributed by atoms with Crippen LogP contribution in [0.5, 0.6) is 5.88 Å². The molecule has 13 heteroatoms. The van der Waals surface area contributed by atoms with E-state index in [2.05, 4.69) is 37.1 Å². The van der Waals surface area contributed by atoms with Gasteiger partial charge in [0, 0.05) is 19.7 Å². The van der Waals surface area contributed by atoms with Crippen LogP contribution in [0, 0.1) is 18.8 Å². The first-order chi connectivity index (χ1) is 20.9. The Morgan fingerprint density at radius 2 is 1.98 bits per heavy atom. The molecule has 0 amide bonds. The van der Waals surface area contributed by atoms with E-state index in [-0.39, 0.29) is 18.1 Å². The van der Waals surface area contributed by atoms with Gasteiger partial charge in [-0.05, 0) is 62.5 Å². The lowest BCUT2D eigenvalue weighted by atomic mass is 10.2. The van der Waals surface area contributed by atoms with Crippen LogP contribution in [0.2, 0.25) is 0 Å². The number of anilines is 1. The average molecular weight is 622 g/mol. The molecule has 1 aromatic carbocycles. The van der Waals surface area contributed by atoms with E-state index >= 15 is 0 Å². The van der Waals surface area contributed by atoms with E-state index in [1.165, 1.54) is 23.5 Å². The number of hydrogen-bond acceptors (Lipinski definition) is 12. The number of hydrogen-bond donors (Lipinski definition) is 1. The van der Waals surface area contributed by atoms with Crippen LogP contribution in [0.4, 0.5) is 5.82 Å². The lowest BCUT2D eigenvalue weighted by Gasteiger charge is -2.27. The van der Waals surface area contributed by atoms with E-state index < -0.39 is 22.5 Å². The Morgan fingerprint density at radius 3 is 2.72 bits per heavy atom. The number of fused-ring (bicyclic) bond motifs is 1. The Morgan fingerprint density at radius 1 is 1.12 bits per heavy atom. The number of rotatable bonds is 11. The van der Waals surface area contributed by atoms with Gasteiger partial charge in [0.25, 0.3) is 10.1 Å². The van der Waals surface area contributed by atoms with E-state index in [1.54, 1.807) is 49.8 Å². The Hall–Kier alpha value is -3.93. The number of aromatic nitrogens is 4. The SMILES string of the molecule is CNc1cnc(C#C/C=C/c2nc3ccc(OCC(COS(=O)(=O)c4ccc(C)cc4)OC4CCCCO4)nc3s2)cn1. The van der Waals surface area contributed by atoms with E-state index in [0.717, 1.165) is 28.9 Å². The molecule has 4 aromatic rings. The smallest absolute Gasteiger partial charge is 0.297 e. The van der Waals surface area contributed by atoms with Gasteiger partial charge >= 0.3 is 0 Å². The fourth-order valence-corrected chi connectivity index (χ4v) is 5.76. The lowest BCUT2D eigenvalue weighted by molar-refractivity contribution is -0.198. The fraction of sp³-hybridized carbons (Fsp3) is 0.333. The molecule has 3 aromatic heterocycles. The molecule has 1 fully saturated rings. The number of benzene rings is 1. The van der Waals surface area contributed by atoms with E-state index in [4.69, 9.17) is 18.4 Å². The summed E-state index contributed by atoms with van der Waals surface area (Å²) in [6.45, 7) is 2.25. The van der Waals surface area contributed by atoms with Crippen LogP contribution in [0.25, 0.3) is 16.4 Å². The standard InChI is InChI=1S/C30H31N5O6S2/c1-21-10-12-24(13-11-21)43(36,37)40-20-23(41-29-9-5-6-16-38-29)19-39-27-15-14-25-30(35-27)42-28(34-25)8-4-3-7-22-17-33-26(31-2)18-32-22/h4,8,10-15,17-18,23,29H,5-6,9,16,19-20H2,1-2H3,(H,31,33)/b8-4+. The maximum atomic E-state index is 12.8. The third-order valence-electron chi connectivity index (χ3n) is 6.28. The molecule has 224 valence electrons. The van der Waals surface area contributed by atoms with Crippen LogP contribution in [0.3, 0.4) is 0 Å². The van der Waals surface area contributed by atoms with Crippen LogP contribution in [-0.4, -0.2) is 67.6 Å². The van der Waals surface area contributed by atoms with Gasteiger partial charge in [-0.15, -0.1) is 0 Å². The normalized spacial score (nSPS) is 16.1. The van der Waals surface area contributed by atoms with Gasteiger partial charge < -0.3 is 19.5 Å². The van der Waals surface area contributed by atoms with Crippen LogP contribution >= 0.6 is 11.3 Å². The largest absolute Gasteiger partial charge is 0.475 e. The molecule has 0 bridgehead atoms. The average Bonchev–Trinajstić information content (AvgIpc) is 3.44. The van der Waals surface area contributed by atoms with Crippen LogP contribution < -0.4 is 10.1 Å². The lowest BCUT2D eigenvalue weighted by Crippen LogP contribution is -2.35. The number of nitrogens with zero attached hydrogens (tertiary/aromatic N) is 4. The zero-order chi connectivity index (χ0) is 30.1. The molecule has 11 nitrogen and oxygen atoms in total.